The van der Waals surface area contributed by atoms with Gasteiger partial charge in [0, 0.05) is 17.3 Å². The maximum atomic E-state index is 12.3. The summed E-state index contributed by atoms with van der Waals surface area (Å²) in [7, 11) is -2.66. The number of halogens is 3. The lowest BCUT2D eigenvalue weighted by Crippen LogP contribution is -2.23. The highest BCUT2D eigenvalue weighted by atomic mass is 32.2. The summed E-state index contributed by atoms with van der Waals surface area (Å²) in [4.78, 5) is 3.09. The highest BCUT2D eigenvalue weighted by Gasteiger charge is 2.37. The van der Waals surface area contributed by atoms with E-state index in [4.69, 9.17) is 14.5 Å². The smallest absolute Gasteiger partial charge is 0.437 e. The number of rotatable bonds is 14. The Balaban J connectivity index is 0.000000262. The SMILES string of the molecule is CCCCCCCCCCCCc1ccc(S(=O)(=O)O)cc1.COc1ccc(C(=NO)C(F)(F)F)cc1.c1ccc2[nH]ccc2c1. The summed E-state index contributed by atoms with van der Waals surface area (Å²) in [5, 5.41) is 11.8. The van der Waals surface area contributed by atoms with Gasteiger partial charge in [-0.3, -0.25) is 4.55 Å². The number of nitrogens with zero attached hydrogens (tertiary/aromatic N) is 1. The molecule has 0 aliphatic carbocycles. The normalized spacial score (nSPS) is 11.7. The van der Waals surface area contributed by atoms with Gasteiger partial charge in [-0.25, -0.2) is 0 Å². The van der Waals surface area contributed by atoms with Gasteiger partial charge in [-0.2, -0.15) is 21.6 Å². The van der Waals surface area contributed by atoms with Crippen molar-refractivity contribution in [3.05, 3.63) is 96.2 Å². The van der Waals surface area contributed by atoms with Crippen LogP contribution in [-0.4, -0.2) is 42.2 Å². The highest BCUT2D eigenvalue weighted by molar-refractivity contribution is 7.85. The van der Waals surface area contributed by atoms with Gasteiger partial charge in [-0.15, -0.1) is 0 Å². The number of para-hydroxylation sites is 1. The molecular formula is C35H45F3N2O5S. The number of fused-ring (bicyclic) bond motifs is 1. The zero-order chi connectivity index (χ0) is 33.8. The molecule has 0 bridgehead atoms. The molecule has 0 unspecified atom stereocenters. The number of ether oxygens (including phenoxy) is 1. The molecule has 0 radical (unpaired) electrons. The third-order valence-corrected chi connectivity index (χ3v) is 8.10. The first kappa shape index (κ1) is 38.4. The molecule has 4 aromatic rings. The Kier molecular flexibility index (Phi) is 16.9. The van der Waals surface area contributed by atoms with Crippen LogP contribution in [0.5, 0.6) is 5.75 Å². The molecule has 0 spiro atoms. The topological polar surface area (TPSA) is 112 Å². The Hall–Kier alpha value is -3.83. The number of H-pyrrole nitrogens is 1. The van der Waals surface area contributed by atoms with Crippen LogP contribution in [0.15, 0.2) is 95.1 Å². The minimum Gasteiger partial charge on any atom is -0.497 e. The summed E-state index contributed by atoms with van der Waals surface area (Å²) in [6.45, 7) is 2.25. The lowest BCUT2D eigenvalue weighted by Gasteiger charge is -2.08. The van der Waals surface area contributed by atoms with E-state index >= 15 is 0 Å². The Morgan fingerprint density at radius 3 is 1.87 bits per heavy atom. The fourth-order valence-electron chi connectivity index (χ4n) is 4.67. The summed E-state index contributed by atoms with van der Waals surface area (Å²) in [6.07, 6.45) is 11.4. The Bertz CT molecular complexity index is 1510. The van der Waals surface area contributed by atoms with Crippen molar-refractivity contribution < 1.29 is 36.1 Å². The summed E-state index contributed by atoms with van der Waals surface area (Å²) >= 11 is 0. The third kappa shape index (κ3) is 14.5. The fraction of sp³-hybridized carbons (Fsp3) is 0.400. The van der Waals surface area contributed by atoms with Crippen molar-refractivity contribution in [3.8, 4) is 5.75 Å². The van der Waals surface area contributed by atoms with E-state index < -0.39 is 22.0 Å². The number of hydrogen-bond donors (Lipinski definition) is 3. The van der Waals surface area contributed by atoms with E-state index in [1.165, 1.54) is 112 Å². The van der Waals surface area contributed by atoms with E-state index in [0.29, 0.717) is 5.75 Å². The standard InChI is InChI=1S/C18H30O3S.C9H8F3NO2.C8H7N/c1-2-3-4-5-6-7-8-9-10-11-12-17-13-15-18(16-14-17)22(19,20)21;1-15-7-4-2-6(3-5-7)8(13-14)9(10,11)12;1-2-4-8-7(3-1)5-6-9-8/h13-16H,2-12H2,1H3,(H,19,20,21);2-5,14H,1H3;1-6,9H. The number of aromatic nitrogens is 1. The first-order chi connectivity index (χ1) is 22.0. The monoisotopic (exact) mass is 662 g/mol. The van der Waals surface area contributed by atoms with E-state index in [1.807, 2.05) is 18.3 Å². The lowest BCUT2D eigenvalue weighted by atomic mass is 10.0. The number of aryl methyl sites for hydroxylation is 1. The highest BCUT2D eigenvalue weighted by Crippen LogP contribution is 2.24. The van der Waals surface area contributed by atoms with Gasteiger partial charge in [0.2, 0.25) is 0 Å². The number of benzene rings is 3. The van der Waals surface area contributed by atoms with Gasteiger partial charge in [0.25, 0.3) is 10.1 Å². The van der Waals surface area contributed by atoms with Crippen LogP contribution in [0.2, 0.25) is 0 Å². The number of hydrogen-bond acceptors (Lipinski definition) is 5. The average molecular weight is 663 g/mol. The summed E-state index contributed by atoms with van der Waals surface area (Å²) in [6, 6.07) is 21.8. The molecule has 1 heterocycles. The third-order valence-electron chi connectivity index (χ3n) is 7.23. The van der Waals surface area contributed by atoms with Crippen LogP contribution in [0.25, 0.3) is 10.9 Å². The molecule has 0 aliphatic rings. The van der Waals surface area contributed by atoms with Gasteiger partial charge in [-0.05, 0) is 72.3 Å². The zero-order valence-electron chi connectivity index (χ0n) is 26.5. The minimum atomic E-state index is -4.68. The molecule has 46 heavy (non-hydrogen) atoms. The van der Waals surface area contributed by atoms with E-state index in [1.54, 1.807) is 12.1 Å². The van der Waals surface area contributed by atoms with Crippen molar-refractivity contribution in [2.45, 2.75) is 88.6 Å². The van der Waals surface area contributed by atoms with E-state index in [0.717, 1.165) is 18.4 Å². The second-order valence-electron chi connectivity index (χ2n) is 10.8. The molecule has 0 saturated heterocycles. The zero-order valence-corrected chi connectivity index (χ0v) is 27.3. The fourth-order valence-corrected chi connectivity index (χ4v) is 5.15. The van der Waals surface area contributed by atoms with E-state index in [9.17, 15) is 21.6 Å². The Morgan fingerprint density at radius 2 is 1.37 bits per heavy atom. The molecule has 0 atom stereocenters. The van der Waals surface area contributed by atoms with Gasteiger partial charge in [0.05, 0.1) is 12.0 Å². The molecule has 252 valence electrons. The average Bonchev–Trinajstić information content (AvgIpc) is 3.52. The van der Waals surface area contributed by atoms with E-state index in [-0.39, 0.29) is 10.5 Å². The molecule has 0 fully saturated rings. The number of unbranched alkanes of at least 4 members (excludes halogenated alkanes) is 9. The van der Waals surface area contributed by atoms with E-state index in [2.05, 4.69) is 35.3 Å². The molecule has 0 aliphatic heterocycles. The number of nitrogens with one attached hydrogen (secondary N) is 1. The predicted molar refractivity (Wildman–Crippen MR) is 177 cm³/mol. The second-order valence-corrected chi connectivity index (χ2v) is 12.2. The van der Waals surface area contributed by atoms with Gasteiger partial charge in [0.15, 0.2) is 5.71 Å². The molecule has 0 saturated carbocycles. The van der Waals surface area contributed by atoms with Crippen molar-refractivity contribution in [2.75, 3.05) is 7.11 Å². The van der Waals surface area contributed by atoms with Crippen LogP contribution in [0.3, 0.4) is 0 Å². The van der Waals surface area contributed by atoms with Gasteiger partial charge < -0.3 is 14.9 Å². The maximum absolute atomic E-state index is 12.3. The molecule has 11 heteroatoms. The number of methoxy groups -OCH3 is 1. The van der Waals surface area contributed by atoms with Crippen molar-refractivity contribution in [2.24, 2.45) is 5.16 Å². The van der Waals surface area contributed by atoms with Crippen LogP contribution in [0.4, 0.5) is 13.2 Å². The molecule has 3 N–H and O–H groups in total. The van der Waals surface area contributed by atoms with Crippen molar-refractivity contribution in [1.29, 1.82) is 0 Å². The summed E-state index contributed by atoms with van der Waals surface area (Å²) < 4.78 is 72.4. The first-order valence-corrected chi connectivity index (χ1v) is 17.0. The Labute approximate surface area is 270 Å². The van der Waals surface area contributed by atoms with Crippen molar-refractivity contribution >= 4 is 26.7 Å². The molecule has 1 aromatic heterocycles. The van der Waals surface area contributed by atoms with Gasteiger partial charge in [0.1, 0.15) is 5.75 Å². The van der Waals surface area contributed by atoms with Crippen molar-refractivity contribution in [1.82, 2.24) is 4.98 Å². The molecular weight excluding hydrogens is 617 g/mol. The number of alkyl halides is 3. The van der Waals surface area contributed by atoms with Crippen LogP contribution in [-0.2, 0) is 16.5 Å². The summed E-state index contributed by atoms with van der Waals surface area (Å²) in [5.41, 5.74) is 0.792. The molecule has 4 rings (SSSR count). The number of aromatic amines is 1. The van der Waals surface area contributed by atoms with Crippen LogP contribution in [0.1, 0.15) is 82.3 Å². The predicted octanol–water partition coefficient (Wildman–Crippen LogP) is 10.0. The largest absolute Gasteiger partial charge is 0.497 e. The molecule has 3 aromatic carbocycles. The van der Waals surface area contributed by atoms with Crippen molar-refractivity contribution in [3.63, 3.8) is 0 Å². The lowest BCUT2D eigenvalue weighted by molar-refractivity contribution is -0.0601. The Morgan fingerprint density at radius 1 is 0.804 bits per heavy atom. The second kappa shape index (κ2) is 20.3. The quantitative estimate of drug-likeness (QED) is 0.0409. The van der Waals surface area contributed by atoms with Crippen LogP contribution in [0, 0.1) is 0 Å². The first-order valence-electron chi connectivity index (χ1n) is 15.5. The minimum absolute atomic E-state index is 0.0284. The number of oxime groups is 1. The van der Waals surface area contributed by atoms with Gasteiger partial charge >= 0.3 is 6.18 Å². The molecule has 0 amide bonds. The summed E-state index contributed by atoms with van der Waals surface area (Å²) in [5.74, 6) is 0.429. The van der Waals surface area contributed by atoms with Crippen LogP contribution < -0.4 is 4.74 Å². The van der Waals surface area contributed by atoms with Gasteiger partial charge in [-0.1, -0.05) is 100 Å². The van der Waals surface area contributed by atoms with Crippen LogP contribution >= 0.6 is 0 Å². The molecule has 7 nitrogen and oxygen atoms in total. The maximum Gasteiger partial charge on any atom is 0.437 e.